The zero-order valence-corrected chi connectivity index (χ0v) is 18.7. The smallest absolute Gasteiger partial charge is 0.338 e. The number of anilines is 1. The number of aromatic nitrogens is 3. The first kappa shape index (κ1) is 21.8. The van der Waals surface area contributed by atoms with E-state index in [2.05, 4.69) is 19.8 Å². The summed E-state index contributed by atoms with van der Waals surface area (Å²) in [7, 11) is 0. The van der Waals surface area contributed by atoms with Crippen molar-refractivity contribution in [3.63, 3.8) is 0 Å². The lowest BCUT2D eigenvalue weighted by Gasteiger charge is -2.25. The van der Waals surface area contributed by atoms with E-state index in [9.17, 15) is 14.7 Å². The van der Waals surface area contributed by atoms with Crippen molar-refractivity contribution in [1.29, 1.82) is 0 Å². The third-order valence-corrected chi connectivity index (χ3v) is 6.21. The molecular weight excluding hydrogens is 430 g/mol. The van der Waals surface area contributed by atoms with Crippen molar-refractivity contribution < 1.29 is 9.90 Å². The molecule has 0 spiro atoms. The van der Waals surface area contributed by atoms with E-state index in [0.29, 0.717) is 41.2 Å². The van der Waals surface area contributed by atoms with Crippen molar-refractivity contribution in [3.8, 4) is 5.69 Å². The van der Waals surface area contributed by atoms with Crippen LogP contribution < -0.4 is 10.5 Å². The topological polar surface area (TPSA) is 91.6 Å². The maximum absolute atomic E-state index is 13.6. The van der Waals surface area contributed by atoms with Crippen LogP contribution in [-0.2, 0) is 6.54 Å². The summed E-state index contributed by atoms with van der Waals surface area (Å²) in [6, 6.07) is 18.0. The number of pyridine rings is 1. The normalized spacial score (nSPS) is 14.8. The lowest BCUT2D eigenvalue weighted by atomic mass is 10.0. The van der Waals surface area contributed by atoms with E-state index in [1.807, 2.05) is 30.3 Å². The maximum atomic E-state index is 13.6. The van der Waals surface area contributed by atoms with Crippen LogP contribution in [0.15, 0.2) is 77.9 Å². The van der Waals surface area contributed by atoms with Crippen molar-refractivity contribution in [1.82, 2.24) is 19.4 Å². The predicted molar refractivity (Wildman–Crippen MR) is 131 cm³/mol. The largest absolute Gasteiger partial charge is 0.478 e. The van der Waals surface area contributed by atoms with Gasteiger partial charge in [-0.05, 0) is 30.7 Å². The van der Waals surface area contributed by atoms with Crippen LogP contribution in [0.25, 0.3) is 16.5 Å². The second-order valence-electron chi connectivity index (χ2n) is 8.31. The number of hydrogen-bond acceptors (Lipinski definition) is 6. The summed E-state index contributed by atoms with van der Waals surface area (Å²) >= 11 is 0. The van der Waals surface area contributed by atoms with E-state index in [-0.39, 0.29) is 11.1 Å². The highest BCUT2D eigenvalue weighted by atomic mass is 16.4. The van der Waals surface area contributed by atoms with Gasteiger partial charge in [0, 0.05) is 61.6 Å². The highest BCUT2D eigenvalue weighted by molar-refractivity contribution is 6.04. The fourth-order valence-corrected chi connectivity index (χ4v) is 4.63. The number of carboxylic acids is 1. The summed E-state index contributed by atoms with van der Waals surface area (Å²) in [5.41, 5.74) is 1.11. The van der Waals surface area contributed by atoms with Gasteiger partial charge in [0.15, 0.2) is 0 Å². The first-order valence-corrected chi connectivity index (χ1v) is 11.3. The number of benzene rings is 2. The molecule has 5 rings (SSSR count). The fourth-order valence-electron chi connectivity index (χ4n) is 4.63. The van der Waals surface area contributed by atoms with Gasteiger partial charge in [0.25, 0.3) is 5.56 Å². The summed E-state index contributed by atoms with van der Waals surface area (Å²) in [4.78, 5) is 39.2. The van der Waals surface area contributed by atoms with Crippen molar-refractivity contribution >= 4 is 22.7 Å². The number of rotatable bonds is 5. The molecule has 34 heavy (non-hydrogen) atoms. The Labute approximate surface area is 196 Å². The number of aromatic carboxylic acids is 1. The van der Waals surface area contributed by atoms with Gasteiger partial charge in [-0.1, -0.05) is 36.4 Å². The molecule has 1 aliphatic rings. The molecule has 0 aliphatic carbocycles. The second-order valence-corrected chi connectivity index (χ2v) is 8.31. The Hall–Kier alpha value is -4.04. The van der Waals surface area contributed by atoms with Crippen molar-refractivity contribution in [2.45, 2.75) is 13.0 Å². The molecule has 2 aromatic heterocycles. The summed E-state index contributed by atoms with van der Waals surface area (Å²) in [6.45, 7) is 3.36. The highest BCUT2D eigenvalue weighted by Crippen LogP contribution is 2.24. The number of nitrogens with zero attached hydrogens (tertiary/aromatic N) is 5. The monoisotopic (exact) mass is 455 g/mol. The SMILES string of the molecule is O=C(O)c1c(CN2CCCN(c3ncccn3)CC2)n(-c2ccccc2)c(=O)c2ccccc12. The van der Waals surface area contributed by atoms with E-state index >= 15 is 0 Å². The van der Waals surface area contributed by atoms with Gasteiger partial charge >= 0.3 is 5.97 Å². The van der Waals surface area contributed by atoms with Crippen molar-refractivity contribution in [2.24, 2.45) is 0 Å². The van der Waals surface area contributed by atoms with Crippen LogP contribution in [0.1, 0.15) is 22.5 Å². The molecule has 3 heterocycles. The molecule has 1 N–H and O–H groups in total. The average Bonchev–Trinajstić information content (AvgIpc) is 3.11. The summed E-state index contributed by atoms with van der Waals surface area (Å²) in [5, 5.41) is 11.1. The number of fused-ring (bicyclic) bond motifs is 1. The molecule has 2 aromatic carbocycles. The zero-order chi connectivity index (χ0) is 23.5. The molecule has 1 fully saturated rings. The molecule has 0 atom stereocenters. The Morgan fingerprint density at radius 2 is 1.56 bits per heavy atom. The van der Waals surface area contributed by atoms with E-state index < -0.39 is 5.97 Å². The van der Waals surface area contributed by atoms with Gasteiger partial charge in [0.2, 0.25) is 5.95 Å². The Kier molecular flexibility index (Phi) is 6.05. The molecule has 8 heteroatoms. The second kappa shape index (κ2) is 9.44. The van der Waals surface area contributed by atoms with Crippen LogP contribution >= 0.6 is 0 Å². The maximum Gasteiger partial charge on any atom is 0.338 e. The summed E-state index contributed by atoms with van der Waals surface area (Å²) < 4.78 is 1.56. The van der Waals surface area contributed by atoms with Gasteiger partial charge in [0.05, 0.1) is 11.3 Å². The highest BCUT2D eigenvalue weighted by Gasteiger charge is 2.25. The van der Waals surface area contributed by atoms with Crippen LogP contribution in [0.3, 0.4) is 0 Å². The van der Waals surface area contributed by atoms with E-state index in [1.165, 1.54) is 0 Å². The zero-order valence-electron chi connectivity index (χ0n) is 18.7. The molecule has 1 aliphatic heterocycles. The van der Waals surface area contributed by atoms with Gasteiger partial charge in [-0.2, -0.15) is 0 Å². The quantitative estimate of drug-likeness (QED) is 0.494. The Balaban J connectivity index is 1.58. The fraction of sp³-hybridized carbons (Fsp3) is 0.231. The summed E-state index contributed by atoms with van der Waals surface area (Å²) in [5.74, 6) is -0.340. The third kappa shape index (κ3) is 4.15. The number of carboxylic acid groups (broad SMARTS) is 1. The Bertz CT molecular complexity index is 1370. The van der Waals surface area contributed by atoms with Gasteiger partial charge < -0.3 is 10.0 Å². The molecule has 172 valence electrons. The van der Waals surface area contributed by atoms with Crippen LogP contribution in [0, 0.1) is 0 Å². The van der Waals surface area contributed by atoms with E-state index in [4.69, 9.17) is 0 Å². The van der Waals surface area contributed by atoms with Crippen LogP contribution in [0.2, 0.25) is 0 Å². The minimum Gasteiger partial charge on any atom is -0.478 e. The standard InChI is InChI=1S/C26H25N5O3/c32-24-21-11-5-4-10-20(21)23(25(33)34)22(31(24)19-8-2-1-3-9-19)18-29-14-7-15-30(17-16-29)26-27-12-6-13-28-26/h1-6,8-13H,7,14-18H2,(H,33,34). The minimum absolute atomic E-state index is 0.173. The van der Waals surface area contributed by atoms with Gasteiger partial charge in [0.1, 0.15) is 0 Å². The predicted octanol–water partition coefficient (Wildman–Crippen LogP) is 3.19. The molecule has 0 amide bonds. The molecular formula is C26H25N5O3. The first-order valence-electron chi connectivity index (χ1n) is 11.3. The van der Waals surface area contributed by atoms with Gasteiger partial charge in [-0.15, -0.1) is 0 Å². The third-order valence-electron chi connectivity index (χ3n) is 6.21. The Morgan fingerprint density at radius 3 is 2.29 bits per heavy atom. The van der Waals surface area contributed by atoms with Crippen LogP contribution in [-0.4, -0.2) is 56.7 Å². The molecule has 0 unspecified atom stereocenters. The van der Waals surface area contributed by atoms with E-state index in [0.717, 1.165) is 26.1 Å². The minimum atomic E-state index is -1.04. The van der Waals surface area contributed by atoms with Gasteiger partial charge in [-0.25, -0.2) is 14.8 Å². The average molecular weight is 456 g/mol. The summed E-state index contributed by atoms with van der Waals surface area (Å²) in [6.07, 6.45) is 4.35. The Morgan fingerprint density at radius 1 is 0.853 bits per heavy atom. The first-order chi connectivity index (χ1) is 16.6. The van der Waals surface area contributed by atoms with Crippen molar-refractivity contribution in [2.75, 3.05) is 31.1 Å². The molecule has 1 saturated heterocycles. The number of para-hydroxylation sites is 1. The lowest BCUT2D eigenvalue weighted by molar-refractivity contribution is 0.0695. The molecule has 8 nitrogen and oxygen atoms in total. The number of carbonyl (C=O) groups is 1. The molecule has 0 saturated carbocycles. The van der Waals surface area contributed by atoms with Crippen molar-refractivity contribution in [3.05, 3.63) is 94.7 Å². The molecule has 0 bridgehead atoms. The van der Waals surface area contributed by atoms with Crippen LogP contribution in [0.4, 0.5) is 5.95 Å². The van der Waals surface area contributed by atoms with Gasteiger partial charge in [-0.3, -0.25) is 14.3 Å². The lowest BCUT2D eigenvalue weighted by Crippen LogP contribution is -2.34. The number of hydrogen-bond donors (Lipinski definition) is 1. The van der Waals surface area contributed by atoms with E-state index in [1.54, 1.807) is 47.3 Å². The molecule has 4 aromatic rings. The van der Waals surface area contributed by atoms with Crippen LogP contribution in [0.5, 0.6) is 0 Å². The molecule has 0 radical (unpaired) electrons.